The average molecular weight is 541 g/mol. The smallest absolute Gasteiger partial charge is 0.280 e. The number of carbonyl (C=O) groups is 1. The molecule has 0 fully saturated rings. The van der Waals surface area contributed by atoms with E-state index < -0.39 is 15.9 Å². The Kier molecular flexibility index (Phi) is 6.29. The molecule has 4 aromatic rings. The predicted octanol–water partition coefficient (Wildman–Crippen LogP) is 5.70. The van der Waals surface area contributed by atoms with Gasteiger partial charge in [-0.25, -0.2) is 8.42 Å². The molecule has 182 valence electrons. The van der Waals surface area contributed by atoms with Crippen LogP contribution in [0.25, 0.3) is 0 Å². The molecule has 1 N–H and O–H groups in total. The molecule has 0 saturated heterocycles. The van der Waals surface area contributed by atoms with Crippen molar-refractivity contribution in [3.63, 3.8) is 0 Å². The first kappa shape index (κ1) is 24.1. The molecule has 8 nitrogen and oxygen atoms in total. The van der Waals surface area contributed by atoms with Crippen molar-refractivity contribution < 1.29 is 17.7 Å². The number of nitrogens with one attached hydrogen (secondary N) is 1. The Morgan fingerprint density at radius 3 is 2.50 bits per heavy atom. The second kappa shape index (κ2) is 9.42. The van der Waals surface area contributed by atoms with E-state index in [2.05, 4.69) is 14.9 Å². The van der Waals surface area contributed by atoms with Crippen LogP contribution in [0, 0.1) is 6.92 Å². The number of carbonyl (C=O) groups excluding carboxylic acids is 1. The fourth-order valence-electron chi connectivity index (χ4n) is 3.84. The lowest BCUT2D eigenvalue weighted by atomic mass is 10.1. The molecule has 2 heterocycles. The minimum atomic E-state index is -3.87. The summed E-state index contributed by atoms with van der Waals surface area (Å²) >= 11 is 12.2. The van der Waals surface area contributed by atoms with E-state index in [0.717, 1.165) is 11.1 Å². The van der Waals surface area contributed by atoms with Crippen molar-refractivity contribution in [2.75, 3.05) is 9.62 Å². The van der Waals surface area contributed by atoms with Gasteiger partial charge in [0.1, 0.15) is 11.6 Å². The van der Waals surface area contributed by atoms with E-state index in [1.54, 1.807) is 25.1 Å². The molecule has 11 heteroatoms. The number of aromatic nitrogens is 1. The molecule has 1 aliphatic heterocycles. The molecule has 0 unspecified atom stereocenters. The summed E-state index contributed by atoms with van der Waals surface area (Å²) in [5, 5.41) is 4.29. The van der Waals surface area contributed by atoms with Crippen LogP contribution in [0.5, 0.6) is 0 Å². The zero-order valence-electron chi connectivity index (χ0n) is 18.8. The highest BCUT2D eigenvalue weighted by molar-refractivity contribution is 7.92. The van der Waals surface area contributed by atoms with E-state index >= 15 is 0 Å². The lowest BCUT2D eigenvalue weighted by molar-refractivity contribution is 0.100. The number of nitrogens with zero attached hydrogens (tertiary/aromatic N) is 3. The molecule has 0 radical (unpaired) electrons. The average Bonchev–Trinajstić information content (AvgIpc) is 3.41. The Balaban J connectivity index is 1.47. The summed E-state index contributed by atoms with van der Waals surface area (Å²) in [7, 11) is -3.87. The third kappa shape index (κ3) is 4.73. The molecular formula is C25H18Cl2N4O4S. The van der Waals surface area contributed by atoms with Gasteiger partial charge in [-0.15, -0.1) is 0 Å². The van der Waals surface area contributed by atoms with Crippen LogP contribution in [0.4, 0.5) is 11.5 Å². The van der Waals surface area contributed by atoms with Gasteiger partial charge in [0.15, 0.2) is 5.82 Å². The van der Waals surface area contributed by atoms with Gasteiger partial charge in [-0.2, -0.15) is 4.99 Å². The highest BCUT2D eigenvalue weighted by atomic mass is 35.5. The van der Waals surface area contributed by atoms with E-state index in [4.69, 9.17) is 27.7 Å². The van der Waals surface area contributed by atoms with Crippen LogP contribution in [0.2, 0.25) is 10.0 Å². The zero-order valence-corrected chi connectivity index (χ0v) is 21.1. The fourth-order valence-corrected chi connectivity index (χ4v) is 5.31. The number of anilines is 2. The molecule has 5 rings (SSSR count). The fraction of sp³-hybridized carbons (Fsp3) is 0.0800. The predicted molar refractivity (Wildman–Crippen MR) is 138 cm³/mol. The molecule has 3 aromatic carbocycles. The topological polar surface area (TPSA) is 105 Å². The van der Waals surface area contributed by atoms with E-state index in [1.165, 1.54) is 30.3 Å². The number of amidine groups is 1. The van der Waals surface area contributed by atoms with Crippen molar-refractivity contribution in [1.29, 1.82) is 0 Å². The van der Waals surface area contributed by atoms with Gasteiger partial charge in [-0.3, -0.25) is 9.52 Å². The zero-order chi connectivity index (χ0) is 25.4. The number of amides is 1. The Morgan fingerprint density at radius 2 is 1.81 bits per heavy atom. The molecule has 1 amide bonds. The Hall–Kier alpha value is -3.66. The number of hydrogen-bond donors (Lipinski definition) is 1. The first-order chi connectivity index (χ1) is 17.2. The summed E-state index contributed by atoms with van der Waals surface area (Å²) in [5.74, 6) is 0.506. The highest BCUT2D eigenvalue weighted by Gasteiger charge is 2.28. The number of sulfonamides is 1. The van der Waals surface area contributed by atoms with Crippen LogP contribution < -0.4 is 9.62 Å². The largest absolute Gasteiger partial charge is 0.360 e. The van der Waals surface area contributed by atoms with Crippen LogP contribution in [0.3, 0.4) is 0 Å². The van der Waals surface area contributed by atoms with Gasteiger partial charge in [0, 0.05) is 22.3 Å². The maximum Gasteiger partial charge on any atom is 0.280 e. The third-order valence-corrected chi connectivity index (χ3v) is 7.46. The number of benzene rings is 3. The number of rotatable bonds is 5. The van der Waals surface area contributed by atoms with Gasteiger partial charge < -0.3 is 9.42 Å². The molecule has 1 aromatic heterocycles. The normalized spacial score (nSPS) is 14.2. The van der Waals surface area contributed by atoms with E-state index in [-0.39, 0.29) is 21.3 Å². The van der Waals surface area contributed by atoms with Crippen molar-refractivity contribution in [2.24, 2.45) is 4.99 Å². The third-order valence-electron chi connectivity index (χ3n) is 5.54. The quantitative estimate of drug-likeness (QED) is 0.348. The van der Waals surface area contributed by atoms with Gasteiger partial charge in [-0.1, -0.05) is 52.6 Å². The van der Waals surface area contributed by atoms with Crippen molar-refractivity contribution in [3.05, 3.63) is 105 Å². The van der Waals surface area contributed by atoms with Gasteiger partial charge in [0.25, 0.3) is 15.9 Å². The second-order valence-electron chi connectivity index (χ2n) is 8.03. The molecular weight excluding hydrogens is 523 g/mol. The van der Waals surface area contributed by atoms with Crippen LogP contribution in [-0.2, 0) is 16.6 Å². The summed E-state index contributed by atoms with van der Waals surface area (Å²) in [6.45, 7) is 2.12. The molecule has 0 spiro atoms. The van der Waals surface area contributed by atoms with Gasteiger partial charge in [-0.05, 0) is 55.0 Å². The SMILES string of the molecule is Cc1cc(NS(=O)(=O)c2ccc(N3Cc4ccccc4C3=NC(=O)c3ccc(Cl)cc3Cl)cc2)no1. The first-order valence-electron chi connectivity index (χ1n) is 10.7. The number of aliphatic imine (C=N–C) groups is 1. The van der Waals surface area contributed by atoms with Crippen molar-refractivity contribution >= 4 is 56.5 Å². The van der Waals surface area contributed by atoms with Crippen LogP contribution in [-0.4, -0.2) is 25.3 Å². The maximum atomic E-state index is 13.0. The number of aryl methyl sites for hydroxylation is 1. The minimum Gasteiger partial charge on any atom is -0.360 e. The second-order valence-corrected chi connectivity index (χ2v) is 10.6. The standard InChI is InChI=1S/C25H18Cl2N4O4S/c1-15-12-23(29-35-15)30-36(33,34)19-9-7-18(8-10-19)31-14-16-4-2-3-5-20(16)24(31)28-25(32)21-11-6-17(26)13-22(21)27/h2-13H,14H2,1H3,(H,29,30). The molecule has 0 aliphatic carbocycles. The molecule has 0 bridgehead atoms. The van der Waals surface area contributed by atoms with Crippen molar-refractivity contribution in [2.45, 2.75) is 18.4 Å². The Bertz CT molecular complexity index is 1620. The lowest BCUT2D eigenvalue weighted by Crippen LogP contribution is -2.25. The van der Waals surface area contributed by atoms with Crippen molar-refractivity contribution in [1.82, 2.24) is 5.16 Å². The van der Waals surface area contributed by atoms with Crippen molar-refractivity contribution in [3.8, 4) is 0 Å². The van der Waals surface area contributed by atoms with Crippen LogP contribution in [0.15, 0.2) is 87.2 Å². The Morgan fingerprint density at radius 1 is 1.06 bits per heavy atom. The summed E-state index contributed by atoms with van der Waals surface area (Å²) in [4.78, 5) is 19.3. The van der Waals surface area contributed by atoms with E-state index in [0.29, 0.717) is 28.9 Å². The minimum absolute atomic E-state index is 0.0473. The lowest BCUT2D eigenvalue weighted by Gasteiger charge is -2.19. The number of fused-ring (bicyclic) bond motifs is 1. The number of hydrogen-bond acceptors (Lipinski definition) is 5. The molecule has 36 heavy (non-hydrogen) atoms. The highest BCUT2D eigenvalue weighted by Crippen LogP contribution is 2.31. The number of halogens is 2. The molecule has 1 aliphatic rings. The maximum absolute atomic E-state index is 13.0. The summed E-state index contributed by atoms with van der Waals surface area (Å²) in [5.41, 5.74) is 2.67. The van der Waals surface area contributed by atoms with Crippen LogP contribution in [0.1, 0.15) is 27.2 Å². The van der Waals surface area contributed by atoms with E-state index in [9.17, 15) is 13.2 Å². The van der Waals surface area contributed by atoms with Gasteiger partial charge >= 0.3 is 0 Å². The molecule has 0 saturated carbocycles. The first-order valence-corrected chi connectivity index (χ1v) is 13.0. The van der Waals surface area contributed by atoms with Gasteiger partial charge in [0.05, 0.1) is 22.0 Å². The monoisotopic (exact) mass is 540 g/mol. The summed E-state index contributed by atoms with van der Waals surface area (Å²) < 4.78 is 32.8. The molecule has 0 atom stereocenters. The summed E-state index contributed by atoms with van der Waals surface area (Å²) in [6.07, 6.45) is 0. The van der Waals surface area contributed by atoms with Gasteiger partial charge in [0.2, 0.25) is 0 Å². The van der Waals surface area contributed by atoms with Crippen LogP contribution >= 0.6 is 23.2 Å². The summed E-state index contributed by atoms with van der Waals surface area (Å²) in [6, 6.07) is 20.0. The van der Waals surface area contributed by atoms with E-state index in [1.807, 2.05) is 29.2 Å². The Labute approximate surface area is 217 Å².